The Labute approximate surface area is 243 Å². The number of hydrogen-bond acceptors (Lipinski definition) is 10. The predicted molar refractivity (Wildman–Crippen MR) is 170 cm³/mol. The van der Waals surface area contributed by atoms with E-state index in [-0.39, 0.29) is 6.61 Å². The molecule has 3 aromatic carbocycles. The van der Waals surface area contributed by atoms with Gasteiger partial charge < -0.3 is 41.1 Å². The van der Waals surface area contributed by atoms with Gasteiger partial charge in [0.1, 0.15) is 17.8 Å². The molecule has 1 aromatic heterocycles. The highest BCUT2D eigenvalue weighted by molar-refractivity contribution is 5.81. The Kier molecular flexibility index (Phi) is 16.6. The lowest BCUT2D eigenvalue weighted by Crippen LogP contribution is -2.03. The fourth-order valence-electron chi connectivity index (χ4n) is 3.35. The highest BCUT2D eigenvalue weighted by Gasteiger charge is 2.09. The van der Waals surface area contributed by atoms with Crippen molar-refractivity contribution in [2.45, 2.75) is 27.2 Å². The molecule has 0 fully saturated rings. The van der Waals surface area contributed by atoms with Crippen LogP contribution >= 0.6 is 0 Å². The smallest absolute Gasteiger partial charge is 0.174 e. The fraction of sp³-hybridized carbons (Fsp3) is 0.323. The molecule has 0 aliphatic heterocycles. The van der Waals surface area contributed by atoms with E-state index in [2.05, 4.69) is 58.0 Å². The third kappa shape index (κ3) is 12.1. The summed E-state index contributed by atoms with van der Waals surface area (Å²) in [7, 11) is 7.00. The number of methoxy groups -OCH3 is 2. The molecule has 0 bridgehead atoms. The van der Waals surface area contributed by atoms with Gasteiger partial charge in [-0.2, -0.15) is 0 Å². The summed E-state index contributed by atoms with van der Waals surface area (Å²) in [5, 5.41) is 17.0. The van der Waals surface area contributed by atoms with Crippen molar-refractivity contribution in [3.63, 3.8) is 0 Å². The van der Waals surface area contributed by atoms with Crippen molar-refractivity contribution in [1.82, 2.24) is 9.97 Å². The first-order chi connectivity index (χ1) is 19.8. The molecule has 0 atom stereocenters. The van der Waals surface area contributed by atoms with Gasteiger partial charge in [-0.25, -0.2) is 9.97 Å². The van der Waals surface area contributed by atoms with Gasteiger partial charge in [0.05, 0.1) is 25.3 Å². The molecule has 6 N–H and O–H groups in total. The molecule has 0 aliphatic carbocycles. The van der Waals surface area contributed by atoms with E-state index in [1.165, 1.54) is 16.8 Å². The second-order valence-electron chi connectivity index (χ2n) is 8.51. The standard InChI is InChI=1S/C17H18N4O2.C9H13N.C3H7NO.C2H6O/c1-18-16-17(21-15-7-5-4-6-14(15)20-16)19-11-8-12(22-2)10-13(9-11)23-3;1-7-4-5-8(2)9(6-7)10-3;4-2-1-3-5;1-2-3/h4-10H,1-3H3,(H,18,20)(H,19,21);4-6,10H,1-3H3;3H,1-2,4H2;3H,2H2,1H3. The molecule has 0 saturated heterocycles. The van der Waals surface area contributed by atoms with E-state index >= 15 is 0 Å². The molecule has 10 heteroatoms. The molecule has 4 rings (SSSR count). The van der Waals surface area contributed by atoms with E-state index in [0.29, 0.717) is 36.1 Å². The SMILES string of the molecule is CCO.CNc1cc(C)ccc1C.CNc1nc2ccccc2nc1Nc1cc(OC)cc(OC)c1.NCCC=O. The summed E-state index contributed by atoms with van der Waals surface area (Å²) < 4.78 is 10.6. The summed E-state index contributed by atoms with van der Waals surface area (Å²) in [6, 6.07) is 19.7. The lowest BCUT2D eigenvalue weighted by atomic mass is 10.1. The third-order valence-electron chi connectivity index (χ3n) is 5.37. The van der Waals surface area contributed by atoms with Crippen LogP contribution in [0.25, 0.3) is 11.0 Å². The van der Waals surface area contributed by atoms with Crippen LogP contribution in [-0.4, -0.2) is 62.8 Å². The van der Waals surface area contributed by atoms with Crippen molar-refractivity contribution in [3.8, 4) is 11.5 Å². The van der Waals surface area contributed by atoms with E-state index in [0.717, 1.165) is 23.0 Å². The van der Waals surface area contributed by atoms with Crippen LogP contribution in [0, 0.1) is 13.8 Å². The van der Waals surface area contributed by atoms with Crippen LogP contribution in [0.15, 0.2) is 60.7 Å². The molecule has 41 heavy (non-hydrogen) atoms. The fourth-order valence-corrected chi connectivity index (χ4v) is 3.35. The zero-order chi connectivity index (χ0) is 30.6. The van der Waals surface area contributed by atoms with Crippen molar-refractivity contribution >= 4 is 40.3 Å². The molecular formula is C31H44N6O4. The van der Waals surface area contributed by atoms with Gasteiger partial charge in [0.15, 0.2) is 11.6 Å². The average Bonchev–Trinajstić information content (AvgIpc) is 2.99. The number of nitrogens with one attached hydrogen (secondary N) is 3. The largest absolute Gasteiger partial charge is 0.497 e. The Morgan fingerprint density at radius 1 is 0.878 bits per heavy atom. The van der Waals surface area contributed by atoms with Gasteiger partial charge in [-0.1, -0.05) is 24.3 Å². The number of rotatable bonds is 8. The van der Waals surface area contributed by atoms with Crippen LogP contribution in [0.1, 0.15) is 24.5 Å². The number of hydrogen-bond donors (Lipinski definition) is 5. The normalized spacial score (nSPS) is 9.49. The summed E-state index contributed by atoms with van der Waals surface area (Å²) in [6.45, 7) is 6.61. The van der Waals surface area contributed by atoms with E-state index in [1.807, 2.05) is 56.6 Å². The molecule has 4 aromatic rings. The Balaban J connectivity index is 0.000000384. The monoisotopic (exact) mass is 564 g/mol. The Morgan fingerprint density at radius 2 is 1.44 bits per heavy atom. The zero-order valence-corrected chi connectivity index (χ0v) is 25.1. The number of fused-ring (bicyclic) bond motifs is 1. The molecule has 1 heterocycles. The molecule has 0 saturated carbocycles. The van der Waals surface area contributed by atoms with Gasteiger partial charge in [0.25, 0.3) is 0 Å². The number of aliphatic hydroxyl groups is 1. The van der Waals surface area contributed by atoms with Crippen molar-refractivity contribution in [3.05, 3.63) is 71.8 Å². The number of aromatic nitrogens is 2. The van der Waals surface area contributed by atoms with Crippen molar-refractivity contribution in [2.75, 3.05) is 57.4 Å². The number of carbonyl (C=O) groups is 1. The first-order valence-electron chi connectivity index (χ1n) is 13.2. The van der Waals surface area contributed by atoms with E-state index in [1.54, 1.807) is 21.1 Å². The minimum absolute atomic E-state index is 0.250. The second-order valence-corrected chi connectivity index (χ2v) is 8.51. The first-order valence-corrected chi connectivity index (χ1v) is 13.2. The highest BCUT2D eigenvalue weighted by atomic mass is 16.5. The molecular weight excluding hydrogens is 520 g/mol. The first kappa shape index (κ1) is 34.6. The van der Waals surface area contributed by atoms with Crippen LogP contribution in [0.4, 0.5) is 23.0 Å². The van der Waals surface area contributed by atoms with E-state index in [4.69, 9.17) is 20.3 Å². The summed E-state index contributed by atoms with van der Waals surface area (Å²) in [6.07, 6.45) is 1.29. The molecule has 0 radical (unpaired) electrons. The number of aliphatic hydroxyl groups excluding tert-OH is 1. The molecule has 0 unspecified atom stereocenters. The third-order valence-corrected chi connectivity index (χ3v) is 5.37. The second kappa shape index (κ2) is 19.6. The van der Waals surface area contributed by atoms with Crippen LogP contribution in [-0.2, 0) is 4.79 Å². The maximum absolute atomic E-state index is 9.32. The molecule has 0 spiro atoms. The minimum atomic E-state index is 0.250. The number of anilines is 4. The van der Waals surface area contributed by atoms with E-state index < -0.39 is 0 Å². The topological polar surface area (TPSA) is 144 Å². The van der Waals surface area contributed by atoms with Crippen LogP contribution in [0.2, 0.25) is 0 Å². The molecule has 222 valence electrons. The van der Waals surface area contributed by atoms with Crippen LogP contribution < -0.4 is 31.2 Å². The Morgan fingerprint density at radius 3 is 1.85 bits per heavy atom. The molecule has 10 nitrogen and oxygen atoms in total. The lowest BCUT2D eigenvalue weighted by molar-refractivity contribution is -0.107. The van der Waals surface area contributed by atoms with E-state index in [9.17, 15) is 4.79 Å². The Bertz CT molecular complexity index is 1310. The maximum atomic E-state index is 9.32. The molecule has 0 amide bonds. The number of para-hydroxylation sites is 2. The predicted octanol–water partition coefficient (Wildman–Crippen LogP) is 5.31. The lowest BCUT2D eigenvalue weighted by Gasteiger charge is -2.13. The Hall–Kier alpha value is -4.41. The average molecular weight is 565 g/mol. The number of nitrogens with two attached hydrogens (primary N) is 1. The highest BCUT2D eigenvalue weighted by Crippen LogP contribution is 2.30. The van der Waals surface area contributed by atoms with Gasteiger partial charge in [0.2, 0.25) is 0 Å². The van der Waals surface area contributed by atoms with Crippen LogP contribution in [0.3, 0.4) is 0 Å². The number of aryl methyl sites for hydroxylation is 2. The van der Waals surface area contributed by atoms with Gasteiger partial charge in [0, 0.05) is 56.7 Å². The summed E-state index contributed by atoms with van der Waals surface area (Å²) in [5.41, 5.74) is 11.2. The minimum Gasteiger partial charge on any atom is -0.497 e. The number of carbonyl (C=O) groups excluding carboxylic acids is 1. The zero-order valence-electron chi connectivity index (χ0n) is 25.1. The summed E-state index contributed by atoms with van der Waals surface area (Å²) in [5.74, 6) is 2.71. The van der Waals surface area contributed by atoms with Crippen molar-refractivity contribution < 1.29 is 19.4 Å². The quantitative estimate of drug-likeness (QED) is 0.179. The van der Waals surface area contributed by atoms with Crippen molar-refractivity contribution in [1.29, 1.82) is 0 Å². The van der Waals surface area contributed by atoms with Gasteiger partial charge in [-0.3, -0.25) is 0 Å². The number of nitrogens with zero attached hydrogens (tertiary/aromatic N) is 2. The number of aldehydes is 1. The number of benzene rings is 3. The van der Waals surface area contributed by atoms with Crippen molar-refractivity contribution in [2.24, 2.45) is 5.73 Å². The summed E-state index contributed by atoms with van der Waals surface area (Å²) in [4.78, 5) is 18.5. The summed E-state index contributed by atoms with van der Waals surface area (Å²) >= 11 is 0. The van der Waals surface area contributed by atoms with Gasteiger partial charge in [-0.05, 0) is 56.6 Å². The molecule has 0 aliphatic rings. The maximum Gasteiger partial charge on any atom is 0.174 e. The van der Waals surface area contributed by atoms with Crippen LogP contribution in [0.5, 0.6) is 11.5 Å². The van der Waals surface area contributed by atoms with Gasteiger partial charge >= 0.3 is 0 Å². The number of ether oxygens (including phenoxy) is 2. The van der Waals surface area contributed by atoms with Gasteiger partial charge in [-0.15, -0.1) is 0 Å².